The van der Waals surface area contributed by atoms with Crippen molar-refractivity contribution in [2.45, 2.75) is 31.6 Å². The van der Waals surface area contributed by atoms with Gasteiger partial charge in [0.25, 0.3) is 0 Å². The van der Waals surface area contributed by atoms with Gasteiger partial charge in [-0.05, 0) is 54.8 Å². The standard InChI is InChI=1S/C27H30N2O6S/c1-19-22(14-16-28(3)26(31)15-17-35-27(32)20(2)30)18-25(29(19)23-8-6-5-7-9-23)21-10-12-24(13-11-21)36(4,33)34/h5-13,18H,14-17H2,1-4H3. The first-order valence-corrected chi connectivity index (χ1v) is 13.4. The fourth-order valence-electron chi connectivity index (χ4n) is 3.84. The molecule has 0 aliphatic carbocycles. The fourth-order valence-corrected chi connectivity index (χ4v) is 4.47. The fraction of sp³-hybridized carbons (Fsp3) is 0.296. The van der Waals surface area contributed by atoms with Gasteiger partial charge >= 0.3 is 5.97 Å². The largest absolute Gasteiger partial charge is 0.459 e. The molecule has 0 saturated heterocycles. The van der Waals surface area contributed by atoms with Crippen LogP contribution in [0, 0.1) is 6.92 Å². The molecule has 36 heavy (non-hydrogen) atoms. The van der Waals surface area contributed by atoms with E-state index < -0.39 is 21.6 Å². The molecule has 190 valence electrons. The highest BCUT2D eigenvalue weighted by Crippen LogP contribution is 2.30. The highest BCUT2D eigenvalue weighted by atomic mass is 32.2. The van der Waals surface area contributed by atoms with Crippen LogP contribution >= 0.6 is 0 Å². The Balaban J connectivity index is 1.81. The molecule has 0 unspecified atom stereocenters. The number of para-hydroxylation sites is 1. The highest BCUT2D eigenvalue weighted by molar-refractivity contribution is 7.90. The third-order valence-corrected chi connectivity index (χ3v) is 7.05. The van der Waals surface area contributed by atoms with Gasteiger partial charge in [-0.1, -0.05) is 30.3 Å². The number of nitrogens with zero attached hydrogens (tertiary/aromatic N) is 2. The number of rotatable bonds is 10. The normalized spacial score (nSPS) is 11.2. The van der Waals surface area contributed by atoms with Crippen LogP contribution in [0.1, 0.15) is 24.6 Å². The molecule has 1 amide bonds. The molecule has 2 aromatic carbocycles. The van der Waals surface area contributed by atoms with Crippen LogP contribution in [0.2, 0.25) is 0 Å². The van der Waals surface area contributed by atoms with Crippen molar-refractivity contribution in [3.8, 4) is 16.9 Å². The minimum Gasteiger partial charge on any atom is -0.459 e. The lowest BCUT2D eigenvalue weighted by atomic mass is 10.1. The maximum atomic E-state index is 12.4. The van der Waals surface area contributed by atoms with Gasteiger partial charge < -0.3 is 14.2 Å². The van der Waals surface area contributed by atoms with Gasteiger partial charge in [-0.15, -0.1) is 0 Å². The van der Waals surface area contributed by atoms with Gasteiger partial charge in [-0.25, -0.2) is 13.2 Å². The molecule has 0 spiro atoms. The lowest BCUT2D eigenvalue weighted by molar-refractivity contribution is -0.153. The van der Waals surface area contributed by atoms with Crippen LogP contribution in [0.4, 0.5) is 0 Å². The predicted molar refractivity (Wildman–Crippen MR) is 137 cm³/mol. The van der Waals surface area contributed by atoms with Gasteiger partial charge in [0.15, 0.2) is 9.84 Å². The Morgan fingerprint density at radius 2 is 1.64 bits per heavy atom. The van der Waals surface area contributed by atoms with Crippen molar-refractivity contribution in [1.29, 1.82) is 0 Å². The van der Waals surface area contributed by atoms with E-state index in [1.165, 1.54) is 6.26 Å². The summed E-state index contributed by atoms with van der Waals surface area (Å²) in [6, 6.07) is 18.7. The minimum atomic E-state index is -3.30. The summed E-state index contributed by atoms with van der Waals surface area (Å²) in [4.78, 5) is 36.4. The Bertz CT molecular complexity index is 1360. The third kappa shape index (κ3) is 6.48. The summed E-state index contributed by atoms with van der Waals surface area (Å²) in [7, 11) is -1.61. The van der Waals surface area contributed by atoms with Crippen LogP contribution in [0.25, 0.3) is 16.9 Å². The van der Waals surface area contributed by atoms with Crippen LogP contribution in [0.5, 0.6) is 0 Å². The quantitative estimate of drug-likeness (QED) is 0.306. The zero-order valence-corrected chi connectivity index (χ0v) is 21.7. The van der Waals surface area contributed by atoms with Crippen LogP contribution in [0.15, 0.2) is 65.6 Å². The molecule has 0 aliphatic heterocycles. The average Bonchev–Trinajstić information content (AvgIpc) is 3.18. The number of amides is 1. The molecule has 0 N–H and O–H groups in total. The number of ether oxygens (including phenoxy) is 1. The first kappa shape index (κ1) is 26.9. The summed E-state index contributed by atoms with van der Waals surface area (Å²) in [5.74, 6) is -1.83. The zero-order chi connectivity index (χ0) is 26.5. The van der Waals surface area contributed by atoms with Crippen molar-refractivity contribution in [2.24, 2.45) is 0 Å². The third-order valence-electron chi connectivity index (χ3n) is 5.92. The lowest BCUT2D eigenvalue weighted by Gasteiger charge is -2.17. The summed E-state index contributed by atoms with van der Waals surface area (Å²) in [5, 5.41) is 0. The van der Waals surface area contributed by atoms with Crippen molar-refractivity contribution in [3.63, 3.8) is 0 Å². The van der Waals surface area contributed by atoms with Gasteiger partial charge in [0.05, 0.1) is 17.0 Å². The lowest BCUT2D eigenvalue weighted by Crippen LogP contribution is -2.30. The summed E-state index contributed by atoms with van der Waals surface area (Å²) < 4.78 is 30.7. The Kier molecular flexibility index (Phi) is 8.47. The molecule has 0 atom stereocenters. The number of Topliss-reactive ketones (excluding diaryl/α,β-unsaturated/α-hetero) is 1. The number of sulfone groups is 1. The topological polar surface area (TPSA) is 103 Å². The van der Waals surface area contributed by atoms with E-state index in [0.29, 0.717) is 13.0 Å². The van der Waals surface area contributed by atoms with Crippen LogP contribution < -0.4 is 0 Å². The number of carbonyl (C=O) groups excluding carboxylic acids is 3. The Labute approximate surface area is 211 Å². The van der Waals surface area contributed by atoms with Gasteiger partial charge in [0.1, 0.15) is 6.61 Å². The van der Waals surface area contributed by atoms with Crippen LogP contribution in [-0.4, -0.2) is 62.0 Å². The molecule has 0 bridgehead atoms. The van der Waals surface area contributed by atoms with E-state index in [2.05, 4.69) is 10.6 Å². The van der Waals surface area contributed by atoms with E-state index in [0.717, 1.165) is 35.1 Å². The monoisotopic (exact) mass is 510 g/mol. The number of likely N-dealkylation sites (N-methyl/N-ethyl adjacent to an activating group) is 1. The molecule has 9 heteroatoms. The first-order chi connectivity index (χ1) is 17.0. The number of aromatic nitrogens is 1. The van der Waals surface area contributed by atoms with Crippen molar-refractivity contribution in [1.82, 2.24) is 9.47 Å². The Morgan fingerprint density at radius 3 is 2.22 bits per heavy atom. The Morgan fingerprint density at radius 1 is 1.00 bits per heavy atom. The van der Waals surface area contributed by atoms with E-state index >= 15 is 0 Å². The zero-order valence-electron chi connectivity index (χ0n) is 20.9. The van der Waals surface area contributed by atoms with Crippen LogP contribution in [0.3, 0.4) is 0 Å². The van der Waals surface area contributed by atoms with Gasteiger partial charge in [0.2, 0.25) is 11.7 Å². The van der Waals surface area contributed by atoms with E-state index in [4.69, 9.17) is 4.74 Å². The second-order valence-corrected chi connectivity index (χ2v) is 10.6. The van der Waals surface area contributed by atoms with E-state index in [9.17, 15) is 22.8 Å². The molecule has 3 rings (SSSR count). The van der Waals surface area contributed by atoms with Gasteiger partial charge in [0, 0.05) is 38.2 Å². The number of benzene rings is 2. The van der Waals surface area contributed by atoms with Gasteiger partial charge in [-0.2, -0.15) is 0 Å². The van der Waals surface area contributed by atoms with Gasteiger partial charge in [-0.3, -0.25) is 9.59 Å². The summed E-state index contributed by atoms with van der Waals surface area (Å²) in [6.45, 7) is 3.44. The maximum Gasteiger partial charge on any atom is 0.374 e. The Hall–Kier alpha value is -3.72. The second kappa shape index (κ2) is 11.3. The summed E-state index contributed by atoms with van der Waals surface area (Å²) in [6.07, 6.45) is 1.77. The SMILES string of the molecule is CC(=O)C(=O)OCCC(=O)N(C)CCc1cc(-c2ccc(S(C)(=O)=O)cc2)n(-c2ccccc2)c1C. The maximum absolute atomic E-state index is 12.4. The number of hydrogen-bond acceptors (Lipinski definition) is 6. The molecule has 0 aliphatic rings. The molecule has 1 aromatic heterocycles. The van der Waals surface area contributed by atoms with E-state index in [1.807, 2.05) is 37.3 Å². The van der Waals surface area contributed by atoms with E-state index in [-0.39, 0.29) is 23.8 Å². The second-order valence-electron chi connectivity index (χ2n) is 8.62. The molecule has 3 aromatic rings. The molecular weight excluding hydrogens is 480 g/mol. The van der Waals surface area contributed by atoms with E-state index in [1.54, 1.807) is 36.2 Å². The molecule has 1 heterocycles. The molecule has 0 saturated carbocycles. The smallest absolute Gasteiger partial charge is 0.374 e. The predicted octanol–water partition coefficient (Wildman–Crippen LogP) is 3.38. The molecule has 8 nitrogen and oxygen atoms in total. The summed E-state index contributed by atoms with van der Waals surface area (Å²) >= 11 is 0. The molecular formula is C27H30N2O6S. The number of esters is 1. The highest BCUT2D eigenvalue weighted by Gasteiger charge is 2.18. The number of ketones is 1. The number of hydrogen-bond donors (Lipinski definition) is 0. The van der Waals surface area contributed by atoms with Crippen molar-refractivity contribution in [2.75, 3.05) is 26.5 Å². The molecule has 0 fully saturated rings. The average molecular weight is 511 g/mol. The number of carbonyl (C=O) groups is 3. The van der Waals surface area contributed by atoms with Crippen LogP contribution in [-0.2, 0) is 35.4 Å². The first-order valence-electron chi connectivity index (χ1n) is 11.5. The van der Waals surface area contributed by atoms with Crippen molar-refractivity contribution in [3.05, 3.63) is 71.9 Å². The summed E-state index contributed by atoms with van der Waals surface area (Å²) in [5.41, 5.74) is 4.82. The van der Waals surface area contributed by atoms with Crippen molar-refractivity contribution >= 4 is 27.5 Å². The van der Waals surface area contributed by atoms with Crippen molar-refractivity contribution < 1.29 is 27.5 Å². The molecule has 0 radical (unpaired) electrons. The minimum absolute atomic E-state index is 0.00252.